The van der Waals surface area contributed by atoms with Crippen LogP contribution in [0, 0.1) is 11.7 Å². The molecule has 0 aliphatic carbocycles. The van der Waals surface area contributed by atoms with Crippen molar-refractivity contribution in [2.45, 2.75) is 36.6 Å². The number of hydrogen-bond acceptors (Lipinski definition) is 4. The molecule has 3 rings (SSSR count). The van der Waals surface area contributed by atoms with Crippen molar-refractivity contribution >= 4 is 28.3 Å². The Hall–Kier alpha value is -1.22. The Bertz CT molecular complexity index is 708. The van der Waals surface area contributed by atoms with Crippen molar-refractivity contribution < 1.29 is 17.6 Å². The molecule has 2 fully saturated rings. The Labute approximate surface area is 160 Å². The maximum absolute atomic E-state index is 13.0. The van der Waals surface area contributed by atoms with E-state index in [0.717, 1.165) is 31.5 Å². The van der Waals surface area contributed by atoms with Gasteiger partial charge in [-0.3, -0.25) is 4.79 Å². The third kappa shape index (κ3) is 4.94. The Balaban J connectivity index is 0.00000243. The Morgan fingerprint density at radius 1 is 1.23 bits per heavy atom. The van der Waals surface area contributed by atoms with Gasteiger partial charge in [-0.05, 0) is 56.5 Å². The minimum atomic E-state index is -3.70. The van der Waals surface area contributed by atoms with Crippen LogP contribution in [0.2, 0.25) is 0 Å². The van der Waals surface area contributed by atoms with E-state index < -0.39 is 15.8 Å². The van der Waals surface area contributed by atoms with Gasteiger partial charge in [0.25, 0.3) is 0 Å². The Morgan fingerprint density at radius 2 is 1.96 bits per heavy atom. The first-order valence-electron chi connectivity index (χ1n) is 8.73. The molecule has 9 heteroatoms. The number of nitrogens with zero attached hydrogens (tertiary/aromatic N) is 1. The molecule has 2 unspecified atom stereocenters. The molecule has 26 heavy (non-hydrogen) atoms. The molecule has 0 radical (unpaired) electrons. The molecule has 2 heterocycles. The highest BCUT2D eigenvalue weighted by molar-refractivity contribution is 7.89. The van der Waals surface area contributed by atoms with Crippen molar-refractivity contribution in [1.82, 2.24) is 14.9 Å². The van der Waals surface area contributed by atoms with Crippen molar-refractivity contribution in [1.29, 1.82) is 0 Å². The van der Waals surface area contributed by atoms with Crippen LogP contribution >= 0.6 is 12.4 Å². The fraction of sp³-hybridized carbons (Fsp3) is 0.588. The van der Waals surface area contributed by atoms with E-state index in [1.165, 1.54) is 16.4 Å². The molecule has 0 aromatic heterocycles. The third-order valence-electron chi connectivity index (χ3n) is 4.89. The summed E-state index contributed by atoms with van der Waals surface area (Å²) in [4.78, 5) is 12.5. The van der Waals surface area contributed by atoms with Crippen LogP contribution in [0.5, 0.6) is 0 Å². The van der Waals surface area contributed by atoms with Gasteiger partial charge < -0.3 is 10.6 Å². The number of hydrogen-bond donors (Lipinski definition) is 2. The number of benzene rings is 1. The summed E-state index contributed by atoms with van der Waals surface area (Å²) in [5.41, 5.74) is 0. The second-order valence-corrected chi connectivity index (χ2v) is 8.63. The molecule has 2 saturated heterocycles. The van der Waals surface area contributed by atoms with Gasteiger partial charge in [0.05, 0.1) is 10.8 Å². The van der Waals surface area contributed by atoms with Gasteiger partial charge in [-0.25, -0.2) is 12.8 Å². The Kier molecular flexibility index (Phi) is 7.40. The highest BCUT2D eigenvalue weighted by atomic mass is 35.5. The third-order valence-corrected chi connectivity index (χ3v) is 6.77. The van der Waals surface area contributed by atoms with Gasteiger partial charge in [-0.15, -0.1) is 12.4 Å². The first kappa shape index (κ1) is 21.1. The van der Waals surface area contributed by atoms with E-state index in [4.69, 9.17) is 0 Å². The maximum atomic E-state index is 13.0. The summed E-state index contributed by atoms with van der Waals surface area (Å²) in [6.07, 6.45) is 3.49. The molecule has 1 aromatic carbocycles. The van der Waals surface area contributed by atoms with Crippen LogP contribution in [0.1, 0.15) is 25.7 Å². The number of rotatable bonds is 5. The molecular formula is C17H25ClFN3O3S. The summed E-state index contributed by atoms with van der Waals surface area (Å²) >= 11 is 0. The number of halogens is 2. The molecule has 0 spiro atoms. The molecular weight excluding hydrogens is 381 g/mol. The van der Waals surface area contributed by atoms with E-state index in [1.807, 2.05) is 0 Å². The van der Waals surface area contributed by atoms with Gasteiger partial charge >= 0.3 is 0 Å². The molecule has 2 aliphatic rings. The van der Waals surface area contributed by atoms with E-state index in [9.17, 15) is 17.6 Å². The van der Waals surface area contributed by atoms with Gasteiger partial charge in [-0.1, -0.05) is 0 Å². The summed E-state index contributed by atoms with van der Waals surface area (Å²) in [6, 6.07) is 5.11. The standard InChI is InChI=1S/C17H24FN3O3S.ClH/c18-14-5-7-16(8-6-14)25(23,24)21-10-2-3-13(12-21)17(22)20-11-15-4-1-9-19-15;/h5-8,13,15,19H,1-4,9-12H2,(H,20,22);1H. The highest BCUT2D eigenvalue weighted by Gasteiger charge is 2.33. The second kappa shape index (κ2) is 9.12. The predicted molar refractivity (Wildman–Crippen MR) is 99.2 cm³/mol. The molecule has 2 N–H and O–H groups in total. The molecule has 146 valence electrons. The zero-order valence-corrected chi connectivity index (χ0v) is 16.1. The van der Waals surface area contributed by atoms with Crippen molar-refractivity contribution in [2.75, 3.05) is 26.2 Å². The Morgan fingerprint density at radius 3 is 2.62 bits per heavy atom. The molecule has 2 atom stereocenters. The summed E-state index contributed by atoms with van der Waals surface area (Å²) in [6.45, 7) is 2.12. The topological polar surface area (TPSA) is 78.5 Å². The lowest BCUT2D eigenvalue weighted by molar-refractivity contribution is -0.126. The summed E-state index contributed by atoms with van der Waals surface area (Å²) in [5.74, 6) is -0.909. The van der Waals surface area contributed by atoms with Crippen LogP contribution in [0.3, 0.4) is 0 Å². The van der Waals surface area contributed by atoms with Crippen LogP contribution < -0.4 is 10.6 Å². The molecule has 2 aliphatic heterocycles. The smallest absolute Gasteiger partial charge is 0.243 e. The highest BCUT2D eigenvalue weighted by Crippen LogP contribution is 2.24. The van der Waals surface area contributed by atoms with E-state index in [-0.39, 0.29) is 35.7 Å². The normalized spacial score (nSPS) is 24.0. The van der Waals surface area contributed by atoms with E-state index in [1.54, 1.807) is 0 Å². The minimum Gasteiger partial charge on any atom is -0.354 e. The van der Waals surface area contributed by atoms with Crippen molar-refractivity contribution in [3.8, 4) is 0 Å². The summed E-state index contributed by atoms with van der Waals surface area (Å²) in [5, 5.41) is 6.26. The minimum absolute atomic E-state index is 0. The monoisotopic (exact) mass is 405 g/mol. The quantitative estimate of drug-likeness (QED) is 0.778. The average Bonchev–Trinajstić information content (AvgIpc) is 3.14. The van der Waals surface area contributed by atoms with Crippen LogP contribution in [0.15, 0.2) is 29.2 Å². The van der Waals surface area contributed by atoms with Crippen molar-refractivity contribution in [3.63, 3.8) is 0 Å². The molecule has 0 saturated carbocycles. The lowest BCUT2D eigenvalue weighted by Crippen LogP contribution is -2.47. The number of piperidine rings is 1. The van der Waals surface area contributed by atoms with Gasteiger partial charge in [0.15, 0.2) is 0 Å². The molecule has 1 aromatic rings. The van der Waals surface area contributed by atoms with E-state index in [0.29, 0.717) is 32.0 Å². The van der Waals surface area contributed by atoms with E-state index >= 15 is 0 Å². The number of nitrogens with one attached hydrogen (secondary N) is 2. The van der Waals surface area contributed by atoms with Gasteiger partial charge in [0.2, 0.25) is 15.9 Å². The van der Waals surface area contributed by atoms with Gasteiger partial charge in [-0.2, -0.15) is 4.31 Å². The van der Waals surface area contributed by atoms with Crippen molar-refractivity contribution in [2.24, 2.45) is 5.92 Å². The average molecular weight is 406 g/mol. The van der Waals surface area contributed by atoms with Crippen LogP contribution in [0.25, 0.3) is 0 Å². The van der Waals surface area contributed by atoms with Crippen LogP contribution in [0.4, 0.5) is 4.39 Å². The maximum Gasteiger partial charge on any atom is 0.243 e. The second-order valence-electron chi connectivity index (χ2n) is 6.69. The molecule has 6 nitrogen and oxygen atoms in total. The number of carbonyl (C=O) groups excluding carboxylic acids is 1. The van der Waals surface area contributed by atoms with Crippen molar-refractivity contribution in [3.05, 3.63) is 30.1 Å². The zero-order valence-electron chi connectivity index (χ0n) is 14.5. The number of amides is 1. The number of sulfonamides is 1. The molecule has 0 bridgehead atoms. The lowest BCUT2D eigenvalue weighted by Gasteiger charge is -2.31. The fourth-order valence-electron chi connectivity index (χ4n) is 3.43. The first-order valence-corrected chi connectivity index (χ1v) is 10.2. The fourth-order valence-corrected chi connectivity index (χ4v) is 4.95. The zero-order chi connectivity index (χ0) is 17.9. The van der Waals surface area contributed by atoms with E-state index in [2.05, 4.69) is 10.6 Å². The first-order chi connectivity index (χ1) is 12.0. The molecule has 1 amide bonds. The van der Waals surface area contributed by atoms with Gasteiger partial charge in [0, 0.05) is 25.7 Å². The lowest BCUT2D eigenvalue weighted by atomic mass is 9.98. The van der Waals surface area contributed by atoms with Gasteiger partial charge in [0.1, 0.15) is 5.82 Å². The largest absolute Gasteiger partial charge is 0.354 e. The summed E-state index contributed by atoms with van der Waals surface area (Å²) in [7, 11) is -3.70. The SMILES string of the molecule is Cl.O=C(NCC1CCCN1)C1CCCN(S(=O)(=O)c2ccc(F)cc2)C1. The predicted octanol–water partition coefficient (Wildman–Crippen LogP) is 1.52. The van der Waals surface area contributed by atoms with Crippen LogP contribution in [-0.2, 0) is 14.8 Å². The summed E-state index contributed by atoms with van der Waals surface area (Å²) < 4.78 is 39.8. The van der Waals surface area contributed by atoms with Crippen LogP contribution in [-0.4, -0.2) is 50.9 Å². The number of carbonyl (C=O) groups is 1.